The number of hydrogen-bond donors (Lipinski definition) is 1. The van der Waals surface area contributed by atoms with E-state index < -0.39 is 12.1 Å². The number of rotatable bonds is 8. The van der Waals surface area contributed by atoms with E-state index in [1.807, 2.05) is 48.7 Å². The lowest BCUT2D eigenvalue weighted by molar-refractivity contribution is -0.200. The van der Waals surface area contributed by atoms with E-state index in [0.29, 0.717) is 43.2 Å². The second-order valence-electron chi connectivity index (χ2n) is 10.8. The van der Waals surface area contributed by atoms with Gasteiger partial charge >= 0.3 is 12.1 Å². The van der Waals surface area contributed by atoms with Crippen LogP contribution in [0.15, 0.2) is 60.8 Å². The molecule has 0 spiro atoms. The Bertz CT molecular complexity index is 1370. The summed E-state index contributed by atoms with van der Waals surface area (Å²) in [4.78, 5) is 46.6. The van der Waals surface area contributed by atoms with Gasteiger partial charge in [0.1, 0.15) is 6.54 Å². The Hall–Kier alpha value is -3.86. The van der Waals surface area contributed by atoms with Gasteiger partial charge in [-0.2, -0.15) is 13.2 Å². The van der Waals surface area contributed by atoms with Gasteiger partial charge in [-0.25, -0.2) is 4.79 Å². The first-order chi connectivity index (χ1) is 19.7. The molecule has 5 rings (SSSR count). The summed E-state index contributed by atoms with van der Waals surface area (Å²) in [6, 6.07) is 16.6. The van der Waals surface area contributed by atoms with Crippen LogP contribution in [0.3, 0.4) is 0 Å². The van der Waals surface area contributed by atoms with Crippen LogP contribution in [0.4, 0.5) is 18.9 Å². The number of alkyl halides is 3. The summed E-state index contributed by atoms with van der Waals surface area (Å²) in [7, 11) is 0. The summed E-state index contributed by atoms with van der Waals surface area (Å²) in [6.45, 7) is 2.99. The normalized spacial score (nSPS) is 18.5. The first-order valence-electron chi connectivity index (χ1n) is 13.9. The number of carbonyl (C=O) groups is 3. The molecule has 218 valence electrons. The summed E-state index contributed by atoms with van der Waals surface area (Å²) in [5, 5.41) is 1.00. The molecular weight excluding hydrogens is 537 g/mol. The topological polar surface area (TPSA) is 86.0 Å². The van der Waals surface area contributed by atoms with Crippen molar-refractivity contribution in [1.29, 1.82) is 0 Å². The maximum atomic E-state index is 13.6. The lowest BCUT2D eigenvalue weighted by atomic mass is 9.96. The molecule has 0 unspecified atom stereocenters. The quantitative estimate of drug-likeness (QED) is 0.404. The number of hydrogen-bond acceptors (Lipinski definition) is 5. The molecule has 2 amide bonds. The molecule has 0 bridgehead atoms. The number of piperidine rings is 1. The van der Waals surface area contributed by atoms with Crippen LogP contribution in [-0.2, 0) is 14.3 Å². The van der Waals surface area contributed by atoms with E-state index in [2.05, 4.69) is 14.6 Å². The molecule has 3 aromatic rings. The second-order valence-corrected chi connectivity index (χ2v) is 10.8. The van der Waals surface area contributed by atoms with Gasteiger partial charge in [0.2, 0.25) is 5.91 Å². The molecule has 3 heterocycles. The maximum absolute atomic E-state index is 13.6. The number of nitrogens with one attached hydrogen (secondary N) is 1. The number of H-pyrrole nitrogens is 1. The molecule has 0 saturated carbocycles. The van der Waals surface area contributed by atoms with Gasteiger partial charge in [-0.1, -0.05) is 24.3 Å². The molecule has 1 aromatic heterocycles. The van der Waals surface area contributed by atoms with Gasteiger partial charge in [-0.05, 0) is 67.4 Å². The van der Waals surface area contributed by atoms with Crippen LogP contribution >= 0.6 is 0 Å². The predicted octanol–water partition coefficient (Wildman–Crippen LogP) is 4.48. The number of anilines is 1. The minimum atomic E-state index is -4.97. The summed E-state index contributed by atoms with van der Waals surface area (Å²) in [6.07, 6.45) is -0.857. The van der Waals surface area contributed by atoms with E-state index >= 15 is 0 Å². The Morgan fingerprint density at radius 2 is 1.68 bits per heavy atom. The molecule has 2 aromatic carbocycles. The number of amides is 2. The molecule has 2 aliphatic rings. The van der Waals surface area contributed by atoms with Crippen molar-refractivity contribution in [3.05, 3.63) is 66.4 Å². The van der Waals surface area contributed by atoms with Crippen molar-refractivity contribution in [3.8, 4) is 0 Å². The van der Waals surface area contributed by atoms with E-state index in [1.165, 1.54) is 4.90 Å². The van der Waals surface area contributed by atoms with Crippen molar-refractivity contribution < 1.29 is 32.3 Å². The molecule has 2 fully saturated rings. The minimum absolute atomic E-state index is 0.0687. The average molecular weight is 571 g/mol. The Labute approximate surface area is 236 Å². The summed E-state index contributed by atoms with van der Waals surface area (Å²) in [5.41, 5.74) is 1.99. The second kappa shape index (κ2) is 12.3. The Balaban J connectivity index is 1.13. The van der Waals surface area contributed by atoms with Crippen molar-refractivity contribution in [3.63, 3.8) is 0 Å². The molecule has 1 atom stereocenters. The lowest BCUT2D eigenvalue weighted by Crippen LogP contribution is -2.47. The molecular formula is C30H33F3N4O4. The molecule has 11 heteroatoms. The zero-order valence-electron chi connectivity index (χ0n) is 22.6. The largest absolute Gasteiger partial charge is 0.490 e. The van der Waals surface area contributed by atoms with Crippen LogP contribution in [0, 0.1) is 11.8 Å². The summed E-state index contributed by atoms with van der Waals surface area (Å²) >= 11 is 0. The molecule has 2 saturated heterocycles. The van der Waals surface area contributed by atoms with E-state index in [0.717, 1.165) is 36.8 Å². The van der Waals surface area contributed by atoms with Crippen LogP contribution in [0.2, 0.25) is 0 Å². The number of likely N-dealkylation sites (tertiary alicyclic amines) is 2. The van der Waals surface area contributed by atoms with Gasteiger partial charge < -0.3 is 19.5 Å². The van der Waals surface area contributed by atoms with Gasteiger partial charge in [0, 0.05) is 55.1 Å². The number of ether oxygens (including phenoxy) is 1. The van der Waals surface area contributed by atoms with Crippen LogP contribution in [0.5, 0.6) is 0 Å². The molecule has 0 aliphatic carbocycles. The lowest BCUT2D eigenvalue weighted by Gasteiger charge is -2.35. The van der Waals surface area contributed by atoms with Crippen molar-refractivity contribution in [2.75, 3.05) is 50.8 Å². The van der Waals surface area contributed by atoms with E-state index in [4.69, 9.17) is 0 Å². The van der Waals surface area contributed by atoms with Crippen LogP contribution < -0.4 is 4.90 Å². The molecule has 0 radical (unpaired) electrons. The van der Waals surface area contributed by atoms with Gasteiger partial charge in [-0.3, -0.25) is 14.5 Å². The number of halogens is 3. The van der Waals surface area contributed by atoms with Crippen molar-refractivity contribution in [2.45, 2.75) is 25.4 Å². The monoisotopic (exact) mass is 570 g/mol. The first kappa shape index (κ1) is 28.7. The zero-order valence-corrected chi connectivity index (χ0v) is 22.6. The standard InChI is InChI=1S/C30H33F3N4O4/c31-30(32,33)29(40)41-20-22-9-13-35(18-22)17-21-10-14-36(15-11-21)27(38)19-37(25-4-2-1-3-5-25)28(39)24-7-6-23-8-12-34-26(23)16-24/h1-8,12,16,21-22,34H,9-11,13-15,17-20H2/t22-/m1/s1. The highest BCUT2D eigenvalue weighted by molar-refractivity contribution is 6.10. The van der Waals surface area contributed by atoms with Gasteiger partial charge in [0.05, 0.1) is 6.61 Å². The van der Waals surface area contributed by atoms with Crippen molar-refractivity contribution in [2.24, 2.45) is 11.8 Å². The number of aromatic nitrogens is 1. The molecule has 8 nitrogen and oxygen atoms in total. The fraction of sp³-hybridized carbons (Fsp3) is 0.433. The average Bonchev–Trinajstić information content (AvgIpc) is 3.63. The molecule has 1 N–H and O–H groups in total. The number of aromatic amines is 1. The van der Waals surface area contributed by atoms with E-state index in [-0.39, 0.29) is 30.9 Å². The highest BCUT2D eigenvalue weighted by atomic mass is 19.4. The third-order valence-electron chi connectivity index (χ3n) is 7.94. The third kappa shape index (κ3) is 7.08. The summed E-state index contributed by atoms with van der Waals surface area (Å²) in [5.74, 6) is -2.26. The van der Waals surface area contributed by atoms with Crippen molar-refractivity contribution >= 4 is 34.4 Å². The van der Waals surface area contributed by atoms with Gasteiger partial charge in [0.25, 0.3) is 5.91 Å². The number of para-hydroxylation sites is 1. The maximum Gasteiger partial charge on any atom is 0.490 e. The Morgan fingerprint density at radius 3 is 2.41 bits per heavy atom. The Kier molecular flexibility index (Phi) is 8.63. The Morgan fingerprint density at radius 1 is 0.951 bits per heavy atom. The smallest absolute Gasteiger partial charge is 0.459 e. The van der Waals surface area contributed by atoms with E-state index in [9.17, 15) is 27.6 Å². The predicted molar refractivity (Wildman–Crippen MR) is 147 cm³/mol. The van der Waals surface area contributed by atoms with Crippen LogP contribution in [-0.4, -0.2) is 84.6 Å². The summed E-state index contributed by atoms with van der Waals surface area (Å²) < 4.78 is 41.6. The number of fused-ring (bicyclic) bond motifs is 1. The highest BCUT2D eigenvalue weighted by Gasteiger charge is 2.41. The molecule has 2 aliphatic heterocycles. The molecule has 41 heavy (non-hydrogen) atoms. The fourth-order valence-corrected chi connectivity index (χ4v) is 5.68. The third-order valence-corrected chi connectivity index (χ3v) is 7.94. The van der Waals surface area contributed by atoms with Crippen LogP contribution in [0.25, 0.3) is 10.9 Å². The number of benzene rings is 2. The fourth-order valence-electron chi connectivity index (χ4n) is 5.68. The number of carbonyl (C=O) groups excluding carboxylic acids is 3. The van der Waals surface area contributed by atoms with Crippen molar-refractivity contribution in [1.82, 2.24) is 14.8 Å². The highest BCUT2D eigenvalue weighted by Crippen LogP contribution is 2.25. The minimum Gasteiger partial charge on any atom is -0.459 e. The zero-order chi connectivity index (χ0) is 29.0. The number of nitrogens with zero attached hydrogens (tertiary/aromatic N) is 3. The SMILES string of the molecule is O=C(CN(C(=O)c1ccc2cc[nH]c2c1)c1ccccc1)N1CCC(CN2CC[C@@H](COC(=O)C(F)(F)F)C2)CC1. The van der Waals surface area contributed by atoms with E-state index in [1.54, 1.807) is 17.0 Å². The first-order valence-corrected chi connectivity index (χ1v) is 13.9. The number of esters is 1. The van der Waals surface area contributed by atoms with Gasteiger partial charge in [-0.15, -0.1) is 0 Å². The van der Waals surface area contributed by atoms with Gasteiger partial charge in [0.15, 0.2) is 0 Å². The van der Waals surface area contributed by atoms with Crippen LogP contribution in [0.1, 0.15) is 29.6 Å².